The molecule has 2 fully saturated rings. The number of carbonyl (C=O) groups is 1. The van der Waals surface area contributed by atoms with Crippen LogP contribution in [0.25, 0.3) is 0 Å². The quantitative estimate of drug-likeness (QED) is 0.394. The smallest absolute Gasteiger partial charge is 0.264 e. The third kappa shape index (κ3) is 4.74. The minimum Gasteiger partial charge on any atom is -0.490 e. The Hall–Kier alpha value is -3.04. The molecule has 5 aliphatic rings. The molecule has 3 heterocycles. The summed E-state index contributed by atoms with van der Waals surface area (Å²) in [5, 5.41) is 5.65. The number of benzene rings is 2. The summed E-state index contributed by atoms with van der Waals surface area (Å²) in [5.74, 6) is 0.628. The number of aryl methyl sites for hydroxylation is 2. The lowest BCUT2D eigenvalue weighted by molar-refractivity contribution is -0.121. The van der Waals surface area contributed by atoms with E-state index in [4.69, 9.17) is 21.4 Å². The lowest BCUT2D eigenvalue weighted by atomic mass is 9.69. The summed E-state index contributed by atoms with van der Waals surface area (Å²) in [5.41, 5.74) is 4.79. The number of amides is 1. The van der Waals surface area contributed by atoms with Crippen molar-refractivity contribution in [3.05, 3.63) is 70.0 Å². The van der Waals surface area contributed by atoms with Gasteiger partial charge in [0, 0.05) is 35.8 Å². The van der Waals surface area contributed by atoms with Gasteiger partial charge in [0.25, 0.3) is 10.0 Å². The molecule has 1 amide bonds. The summed E-state index contributed by atoms with van der Waals surface area (Å²) in [6, 6.07) is 13.3. The van der Waals surface area contributed by atoms with E-state index in [2.05, 4.69) is 21.8 Å². The van der Waals surface area contributed by atoms with Crippen LogP contribution in [0.1, 0.15) is 67.0 Å². The molecule has 3 aromatic rings. The molecule has 43 heavy (non-hydrogen) atoms. The number of aromatic nitrogens is 2. The zero-order valence-corrected chi connectivity index (χ0v) is 26.0. The normalized spacial score (nSPS) is 29.6. The summed E-state index contributed by atoms with van der Waals surface area (Å²) >= 11 is 6.41. The van der Waals surface area contributed by atoms with Crippen molar-refractivity contribution in [3.8, 4) is 5.75 Å². The van der Waals surface area contributed by atoms with Crippen molar-refractivity contribution in [3.63, 3.8) is 0 Å². The first-order valence-electron chi connectivity index (χ1n) is 15.6. The number of nitrogens with zero attached hydrogens (tertiary/aromatic N) is 3. The van der Waals surface area contributed by atoms with E-state index in [-0.39, 0.29) is 16.2 Å². The first-order valence-corrected chi connectivity index (χ1v) is 17.5. The van der Waals surface area contributed by atoms with Crippen molar-refractivity contribution >= 4 is 33.2 Å². The SMILES string of the molecule is Cc1cc2nn1C[C@@H]1CC[C@H]1CN1C[C@@]3(CCCc4cc(Cl)ccc43)COc3ccc(cc31)S(=O)(=O)NC(=O)C2C1CC1. The van der Waals surface area contributed by atoms with Crippen LogP contribution >= 0.6 is 11.6 Å². The fourth-order valence-electron chi connectivity index (χ4n) is 8.03. The first kappa shape index (κ1) is 27.5. The van der Waals surface area contributed by atoms with Crippen LogP contribution in [0.5, 0.6) is 5.75 Å². The standard InChI is InChI=1S/C33H37ClN4O4S/c1-20-13-28-31(21-4-5-21)32(39)36-43(40,41)26-9-11-30-29(15-26)37(16-23-6-7-24(23)17-38(20)35-28)18-33(19-42-30)12-2-3-22-14-25(34)8-10-27(22)33/h8-11,13-15,21,23-24,31H,2-7,12,16-19H2,1H3,(H,36,39)/t23-,24-,31?,33-/m0/s1. The predicted octanol–water partition coefficient (Wildman–Crippen LogP) is 5.36. The highest BCUT2D eigenvalue weighted by Gasteiger charge is 2.45. The number of rotatable bonds is 1. The minimum atomic E-state index is -4.12. The molecule has 1 N–H and O–H groups in total. The number of carbonyl (C=O) groups excluding carboxylic acids is 1. The van der Waals surface area contributed by atoms with E-state index in [1.807, 2.05) is 23.7 Å². The Labute approximate surface area is 257 Å². The number of sulfonamides is 1. The van der Waals surface area contributed by atoms with Crippen LogP contribution in [0.15, 0.2) is 47.4 Å². The van der Waals surface area contributed by atoms with Crippen LogP contribution in [0.4, 0.5) is 5.69 Å². The van der Waals surface area contributed by atoms with Gasteiger partial charge in [-0.15, -0.1) is 0 Å². The maximum atomic E-state index is 13.7. The second-order valence-electron chi connectivity index (χ2n) is 13.5. The van der Waals surface area contributed by atoms with E-state index in [1.54, 1.807) is 18.2 Å². The monoisotopic (exact) mass is 620 g/mol. The molecule has 0 radical (unpaired) electrons. The van der Waals surface area contributed by atoms with Gasteiger partial charge in [0.2, 0.25) is 5.91 Å². The number of anilines is 1. The molecule has 8 nitrogen and oxygen atoms in total. The topological polar surface area (TPSA) is 93.5 Å². The highest BCUT2D eigenvalue weighted by atomic mass is 35.5. The van der Waals surface area contributed by atoms with E-state index in [1.165, 1.54) is 11.1 Å². The first-order chi connectivity index (χ1) is 20.7. The predicted molar refractivity (Wildman–Crippen MR) is 164 cm³/mol. The van der Waals surface area contributed by atoms with Gasteiger partial charge in [0.05, 0.1) is 28.8 Å². The lowest BCUT2D eigenvalue weighted by Gasteiger charge is -2.44. The van der Waals surface area contributed by atoms with Gasteiger partial charge in [-0.2, -0.15) is 5.10 Å². The second-order valence-corrected chi connectivity index (χ2v) is 15.6. The van der Waals surface area contributed by atoms with Crippen LogP contribution in [0, 0.1) is 24.7 Å². The van der Waals surface area contributed by atoms with Crippen molar-refractivity contribution in [1.82, 2.24) is 14.5 Å². The van der Waals surface area contributed by atoms with Crippen molar-refractivity contribution in [2.75, 3.05) is 24.6 Å². The summed E-state index contributed by atoms with van der Waals surface area (Å²) in [7, 11) is -4.12. The van der Waals surface area contributed by atoms with Gasteiger partial charge in [0.1, 0.15) is 5.75 Å². The van der Waals surface area contributed by atoms with Gasteiger partial charge in [-0.05, 0) is 117 Å². The molecule has 226 valence electrons. The molecular formula is C33H37ClN4O4S. The van der Waals surface area contributed by atoms with Crippen molar-refractivity contribution in [1.29, 1.82) is 0 Å². The molecule has 1 spiro atoms. The van der Waals surface area contributed by atoms with Gasteiger partial charge < -0.3 is 9.64 Å². The number of hydrogen-bond acceptors (Lipinski definition) is 6. The van der Waals surface area contributed by atoms with Crippen molar-refractivity contribution in [2.24, 2.45) is 17.8 Å². The van der Waals surface area contributed by atoms with Crippen LogP contribution in [-0.4, -0.2) is 43.8 Å². The molecule has 2 aromatic carbocycles. The third-order valence-electron chi connectivity index (χ3n) is 10.7. The van der Waals surface area contributed by atoms with Gasteiger partial charge in [-0.3, -0.25) is 9.48 Å². The van der Waals surface area contributed by atoms with Gasteiger partial charge in [0.15, 0.2) is 0 Å². The summed E-state index contributed by atoms with van der Waals surface area (Å²) in [4.78, 5) is 16.1. The molecule has 3 aliphatic carbocycles. The largest absolute Gasteiger partial charge is 0.490 e. The van der Waals surface area contributed by atoms with E-state index < -0.39 is 21.8 Å². The van der Waals surface area contributed by atoms with E-state index in [0.717, 1.165) is 81.0 Å². The fraction of sp³-hybridized carbons (Fsp3) is 0.515. The molecule has 0 saturated heterocycles. The van der Waals surface area contributed by atoms with E-state index in [0.29, 0.717) is 29.9 Å². The Bertz CT molecular complexity index is 1730. The lowest BCUT2D eigenvalue weighted by Crippen LogP contribution is -2.48. The molecular weight excluding hydrogens is 584 g/mol. The molecule has 4 atom stereocenters. The maximum absolute atomic E-state index is 13.7. The minimum absolute atomic E-state index is 0.0799. The zero-order valence-electron chi connectivity index (χ0n) is 24.4. The van der Waals surface area contributed by atoms with Crippen LogP contribution in [-0.2, 0) is 33.2 Å². The number of ether oxygens (including phenoxy) is 1. The maximum Gasteiger partial charge on any atom is 0.264 e. The van der Waals surface area contributed by atoms with E-state index >= 15 is 0 Å². The van der Waals surface area contributed by atoms with Crippen molar-refractivity contribution < 1.29 is 17.9 Å². The zero-order chi connectivity index (χ0) is 29.5. The van der Waals surface area contributed by atoms with Gasteiger partial charge in [-0.1, -0.05) is 17.7 Å². The van der Waals surface area contributed by atoms with Crippen LogP contribution < -0.4 is 14.4 Å². The third-order valence-corrected chi connectivity index (χ3v) is 12.3. The fourth-order valence-corrected chi connectivity index (χ4v) is 9.25. The second kappa shape index (κ2) is 9.99. The molecule has 10 heteroatoms. The Morgan fingerprint density at radius 3 is 2.60 bits per heavy atom. The number of hydrogen-bond donors (Lipinski definition) is 1. The highest BCUT2D eigenvalue weighted by molar-refractivity contribution is 7.90. The van der Waals surface area contributed by atoms with Crippen LogP contribution in [0.3, 0.4) is 0 Å². The van der Waals surface area contributed by atoms with Crippen LogP contribution in [0.2, 0.25) is 5.02 Å². The Balaban J connectivity index is 1.23. The average Bonchev–Trinajstić information content (AvgIpc) is 3.74. The molecule has 1 unspecified atom stereocenters. The summed E-state index contributed by atoms with van der Waals surface area (Å²) in [6.07, 6.45) is 7.07. The van der Waals surface area contributed by atoms with Crippen molar-refractivity contribution in [2.45, 2.75) is 74.6 Å². The summed E-state index contributed by atoms with van der Waals surface area (Å²) in [6.45, 7) is 4.88. The Morgan fingerprint density at radius 1 is 1.02 bits per heavy atom. The summed E-state index contributed by atoms with van der Waals surface area (Å²) < 4.78 is 38.5. The van der Waals surface area contributed by atoms with E-state index in [9.17, 15) is 13.2 Å². The molecule has 4 bridgehead atoms. The molecule has 1 aromatic heterocycles. The van der Waals surface area contributed by atoms with Gasteiger partial charge in [-0.25, -0.2) is 13.1 Å². The van der Waals surface area contributed by atoms with Gasteiger partial charge >= 0.3 is 0 Å². The Morgan fingerprint density at radius 2 is 1.81 bits per heavy atom. The average molecular weight is 621 g/mol. The highest BCUT2D eigenvalue weighted by Crippen LogP contribution is 2.47. The number of nitrogens with one attached hydrogen (secondary N) is 1. The molecule has 2 aliphatic heterocycles. The number of halogens is 1. The Kier molecular flexibility index (Phi) is 6.39. The molecule has 8 rings (SSSR count). The molecule has 2 saturated carbocycles. The number of fused-ring (bicyclic) bond motifs is 6.